The van der Waals surface area contributed by atoms with Gasteiger partial charge in [0.05, 0.1) is 7.11 Å². The van der Waals surface area contributed by atoms with Crippen LogP contribution in [-0.2, 0) is 14.9 Å². The average molecular weight is 369 g/mol. The third kappa shape index (κ3) is 4.80. The third-order valence-electron chi connectivity index (χ3n) is 5.18. The first-order valence-electron chi connectivity index (χ1n) is 9.35. The van der Waals surface area contributed by atoms with Gasteiger partial charge in [-0.15, -0.1) is 0 Å². The quantitative estimate of drug-likeness (QED) is 0.813. The van der Waals surface area contributed by atoms with Crippen LogP contribution in [0, 0.1) is 0 Å². The molecule has 1 aliphatic heterocycles. The van der Waals surface area contributed by atoms with E-state index in [2.05, 4.69) is 17.4 Å². The van der Waals surface area contributed by atoms with Gasteiger partial charge in [-0.25, -0.2) is 0 Å². The first-order valence-corrected chi connectivity index (χ1v) is 9.35. The molecule has 27 heavy (non-hydrogen) atoms. The van der Waals surface area contributed by atoms with E-state index in [0.717, 1.165) is 18.6 Å². The highest BCUT2D eigenvalue weighted by molar-refractivity contribution is 5.80. The summed E-state index contributed by atoms with van der Waals surface area (Å²) in [4.78, 5) is 12.6. The van der Waals surface area contributed by atoms with Crippen molar-refractivity contribution in [1.29, 1.82) is 0 Å². The normalized spacial score (nSPS) is 17.0. The minimum Gasteiger partial charge on any atom is -0.497 e. The van der Waals surface area contributed by atoms with Crippen LogP contribution >= 0.6 is 0 Å². The maximum absolute atomic E-state index is 12.6. The summed E-state index contributed by atoms with van der Waals surface area (Å²) in [5.74, 6) is 1.28. The fourth-order valence-electron chi connectivity index (χ4n) is 3.43. The number of amides is 1. The number of carbonyl (C=O) groups is 1. The number of hydrogen-bond acceptors (Lipinski definition) is 4. The van der Waals surface area contributed by atoms with E-state index >= 15 is 0 Å². The van der Waals surface area contributed by atoms with Gasteiger partial charge in [0.1, 0.15) is 11.5 Å². The van der Waals surface area contributed by atoms with Crippen LogP contribution in [0.25, 0.3) is 0 Å². The summed E-state index contributed by atoms with van der Waals surface area (Å²) in [5.41, 5.74) is 1.16. The van der Waals surface area contributed by atoms with Crippen molar-refractivity contribution in [1.82, 2.24) is 5.32 Å². The van der Waals surface area contributed by atoms with Gasteiger partial charge in [0.2, 0.25) is 0 Å². The van der Waals surface area contributed by atoms with E-state index in [1.807, 2.05) is 30.3 Å². The van der Waals surface area contributed by atoms with Crippen LogP contribution in [0.1, 0.15) is 25.3 Å². The molecular formula is C22H27NO4. The van der Waals surface area contributed by atoms with Crippen LogP contribution < -0.4 is 14.8 Å². The molecule has 1 atom stereocenters. The van der Waals surface area contributed by atoms with Crippen molar-refractivity contribution in [3.05, 3.63) is 60.2 Å². The lowest BCUT2D eigenvalue weighted by Gasteiger charge is -2.38. The molecular weight excluding hydrogens is 342 g/mol. The molecule has 0 bridgehead atoms. The largest absolute Gasteiger partial charge is 0.497 e. The number of ether oxygens (including phenoxy) is 3. The smallest absolute Gasteiger partial charge is 0.260 e. The number of benzene rings is 2. The second-order valence-corrected chi connectivity index (χ2v) is 6.91. The van der Waals surface area contributed by atoms with E-state index in [1.165, 1.54) is 5.56 Å². The Kier molecular flexibility index (Phi) is 6.35. The van der Waals surface area contributed by atoms with Crippen molar-refractivity contribution in [3.63, 3.8) is 0 Å². The standard InChI is InChI=1S/C22H27NO4/c1-17(27-20-10-8-19(25-2)9-11-20)21(24)23-16-22(12-14-26-15-13-22)18-6-4-3-5-7-18/h3-11,17H,12-16H2,1-2H3,(H,23,24). The van der Waals surface area contributed by atoms with Crippen molar-refractivity contribution < 1.29 is 19.0 Å². The molecule has 1 N–H and O–H groups in total. The molecule has 0 aliphatic carbocycles. The minimum atomic E-state index is -0.578. The zero-order valence-electron chi connectivity index (χ0n) is 15.9. The molecule has 1 saturated heterocycles. The molecule has 5 nitrogen and oxygen atoms in total. The lowest BCUT2D eigenvalue weighted by atomic mass is 9.74. The second kappa shape index (κ2) is 8.91. The minimum absolute atomic E-state index is 0.0883. The number of hydrogen-bond donors (Lipinski definition) is 1. The lowest BCUT2D eigenvalue weighted by molar-refractivity contribution is -0.127. The van der Waals surface area contributed by atoms with Crippen molar-refractivity contribution in [3.8, 4) is 11.5 Å². The van der Waals surface area contributed by atoms with Gasteiger partial charge in [-0.2, -0.15) is 0 Å². The van der Waals surface area contributed by atoms with Gasteiger partial charge in [0, 0.05) is 25.2 Å². The maximum atomic E-state index is 12.6. The lowest BCUT2D eigenvalue weighted by Crippen LogP contribution is -2.47. The molecule has 1 amide bonds. The molecule has 3 rings (SSSR count). The zero-order chi connectivity index (χ0) is 19.1. The highest BCUT2D eigenvalue weighted by Gasteiger charge is 2.35. The summed E-state index contributed by atoms with van der Waals surface area (Å²) in [5, 5.41) is 3.09. The molecule has 144 valence electrons. The Labute approximate surface area is 160 Å². The first-order chi connectivity index (χ1) is 13.1. The van der Waals surface area contributed by atoms with Crippen molar-refractivity contribution in [2.45, 2.75) is 31.3 Å². The van der Waals surface area contributed by atoms with Crippen LogP contribution in [0.4, 0.5) is 0 Å². The zero-order valence-corrected chi connectivity index (χ0v) is 15.9. The summed E-state index contributed by atoms with van der Waals surface area (Å²) in [7, 11) is 1.62. The molecule has 5 heteroatoms. The van der Waals surface area contributed by atoms with Gasteiger partial charge in [0.15, 0.2) is 6.10 Å². The Morgan fingerprint density at radius 1 is 1.07 bits per heavy atom. The monoisotopic (exact) mass is 369 g/mol. The van der Waals surface area contributed by atoms with Crippen LogP contribution in [0.2, 0.25) is 0 Å². The molecule has 2 aromatic rings. The number of methoxy groups -OCH3 is 1. The second-order valence-electron chi connectivity index (χ2n) is 6.91. The fourth-order valence-corrected chi connectivity index (χ4v) is 3.43. The van der Waals surface area contributed by atoms with E-state index in [1.54, 1.807) is 26.2 Å². The molecule has 1 aliphatic rings. The molecule has 1 fully saturated rings. The highest BCUT2D eigenvalue weighted by atomic mass is 16.5. The summed E-state index contributed by atoms with van der Waals surface area (Å²) >= 11 is 0. The van der Waals surface area contributed by atoms with Gasteiger partial charge in [-0.3, -0.25) is 4.79 Å². The van der Waals surface area contributed by atoms with Crippen LogP contribution in [0.5, 0.6) is 11.5 Å². The van der Waals surface area contributed by atoms with Gasteiger partial charge >= 0.3 is 0 Å². The first kappa shape index (κ1) is 19.2. The van der Waals surface area contributed by atoms with Crippen LogP contribution in [0.3, 0.4) is 0 Å². The molecule has 0 spiro atoms. The Hall–Kier alpha value is -2.53. The maximum Gasteiger partial charge on any atom is 0.260 e. The van der Waals surface area contributed by atoms with Gasteiger partial charge in [-0.05, 0) is 49.6 Å². The van der Waals surface area contributed by atoms with Crippen LogP contribution in [0.15, 0.2) is 54.6 Å². The Bertz CT molecular complexity index is 724. The van der Waals surface area contributed by atoms with Crippen molar-refractivity contribution in [2.75, 3.05) is 26.9 Å². The summed E-state index contributed by atoms with van der Waals surface area (Å²) < 4.78 is 16.4. The fraction of sp³-hybridized carbons (Fsp3) is 0.409. The number of rotatable bonds is 7. The van der Waals surface area contributed by atoms with Gasteiger partial charge in [-0.1, -0.05) is 30.3 Å². The molecule has 0 saturated carbocycles. The summed E-state index contributed by atoms with van der Waals surface area (Å²) in [6.45, 7) is 3.76. The average Bonchev–Trinajstić information content (AvgIpc) is 2.74. The van der Waals surface area contributed by atoms with E-state index in [4.69, 9.17) is 14.2 Å². The molecule has 2 aromatic carbocycles. The van der Waals surface area contributed by atoms with E-state index < -0.39 is 6.10 Å². The topological polar surface area (TPSA) is 56.8 Å². The summed E-state index contributed by atoms with van der Waals surface area (Å²) in [6, 6.07) is 17.6. The SMILES string of the molecule is COc1ccc(OC(C)C(=O)NCC2(c3ccccc3)CCOCC2)cc1. The Morgan fingerprint density at radius 3 is 2.33 bits per heavy atom. The predicted octanol–water partition coefficient (Wildman–Crippen LogP) is 3.33. The molecule has 0 radical (unpaired) electrons. The Balaban J connectivity index is 1.61. The third-order valence-corrected chi connectivity index (χ3v) is 5.18. The number of nitrogens with one attached hydrogen (secondary N) is 1. The van der Waals surface area contributed by atoms with Crippen molar-refractivity contribution >= 4 is 5.91 Å². The highest BCUT2D eigenvalue weighted by Crippen LogP contribution is 2.34. The van der Waals surface area contributed by atoms with E-state index in [9.17, 15) is 4.79 Å². The molecule has 1 heterocycles. The van der Waals surface area contributed by atoms with Gasteiger partial charge in [0.25, 0.3) is 5.91 Å². The van der Waals surface area contributed by atoms with Crippen molar-refractivity contribution in [2.24, 2.45) is 0 Å². The predicted molar refractivity (Wildman–Crippen MR) is 104 cm³/mol. The molecule has 0 aromatic heterocycles. The Morgan fingerprint density at radius 2 is 1.70 bits per heavy atom. The van der Waals surface area contributed by atoms with E-state index in [0.29, 0.717) is 25.5 Å². The molecule has 1 unspecified atom stereocenters. The number of carbonyl (C=O) groups excluding carboxylic acids is 1. The van der Waals surface area contributed by atoms with E-state index in [-0.39, 0.29) is 11.3 Å². The van der Waals surface area contributed by atoms with Gasteiger partial charge < -0.3 is 19.5 Å². The summed E-state index contributed by atoms with van der Waals surface area (Å²) in [6.07, 6.45) is 1.21. The van der Waals surface area contributed by atoms with Crippen LogP contribution in [-0.4, -0.2) is 38.9 Å².